The Morgan fingerprint density at radius 2 is 2.14 bits per heavy atom. The van der Waals surface area contributed by atoms with Gasteiger partial charge in [-0.1, -0.05) is 12.1 Å². The molecule has 0 saturated carbocycles. The Bertz CT molecular complexity index is 912. The Kier molecular flexibility index (Phi) is 3.98. The SMILES string of the molecule is Cc1ccc(C)c(S(=O)(=O)NCCc2csc3nncn23)c1. The van der Waals surface area contributed by atoms with E-state index >= 15 is 0 Å². The first-order valence-corrected chi connectivity index (χ1v) is 9.17. The van der Waals surface area contributed by atoms with Gasteiger partial charge in [0.2, 0.25) is 15.0 Å². The van der Waals surface area contributed by atoms with Crippen molar-refractivity contribution in [3.05, 3.63) is 46.7 Å². The van der Waals surface area contributed by atoms with Crippen LogP contribution >= 0.6 is 11.3 Å². The quantitative estimate of drug-likeness (QED) is 0.772. The van der Waals surface area contributed by atoms with Gasteiger partial charge in [-0.15, -0.1) is 21.5 Å². The molecule has 0 aliphatic heterocycles. The molecule has 2 aromatic heterocycles. The van der Waals surface area contributed by atoms with Gasteiger partial charge in [0.25, 0.3) is 0 Å². The third-order valence-corrected chi connectivity index (χ3v) is 5.91. The summed E-state index contributed by atoms with van der Waals surface area (Å²) in [5.74, 6) is 0. The molecule has 0 radical (unpaired) electrons. The fraction of sp³-hybridized carbons (Fsp3) is 0.286. The summed E-state index contributed by atoms with van der Waals surface area (Å²) < 4.78 is 29.3. The predicted molar refractivity (Wildman–Crippen MR) is 85.7 cm³/mol. The number of fused-ring (bicyclic) bond motifs is 1. The summed E-state index contributed by atoms with van der Waals surface area (Å²) in [6, 6.07) is 5.42. The van der Waals surface area contributed by atoms with Crippen LogP contribution in [0.5, 0.6) is 0 Å². The zero-order valence-electron chi connectivity index (χ0n) is 12.3. The molecule has 3 rings (SSSR count). The molecule has 116 valence electrons. The number of sulfonamides is 1. The second-order valence-corrected chi connectivity index (χ2v) is 7.70. The van der Waals surface area contributed by atoms with E-state index in [2.05, 4.69) is 14.9 Å². The third-order valence-electron chi connectivity index (χ3n) is 3.43. The van der Waals surface area contributed by atoms with Crippen molar-refractivity contribution in [3.63, 3.8) is 0 Å². The Hall–Kier alpha value is -1.77. The number of nitrogens with one attached hydrogen (secondary N) is 1. The van der Waals surface area contributed by atoms with Gasteiger partial charge in [-0.3, -0.25) is 4.40 Å². The van der Waals surface area contributed by atoms with Crippen LogP contribution in [0.4, 0.5) is 0 Å². The van der Waals surface area contributed by atoms with Crippen LogP contribution in [0.2, 0.25) is 0 Å². The molecule has 0 saturated heterocycles. The summed E-state index contributed by atoms with van der Waals surface area (Å²) in [6.07, 6.45) is 2.22. The fourth-order valence-corrected chi connectivity index (χ4v) is 4.45. The monoisotopic (exact) mass is 336 g/mol. The van der Waals surface area contributed by atoms with Crippen molar-refractivity contribution in [1.29, 1.82) is 0 Å². The Morgan fingerprint density at radius 1 is 1.32 bits per heavy atom. The van der Waals surface area contributed by atoms with E-state index in [1.54, 1.807) is 19.3 Å². The molecular weight excluding hydrogens is 320 g/mol. The average Bonchev–Trinajstić information content (AvgIpc) is 3.06. The summed E-state index contributed by atoms with van der Waals surface area (Å²) in [5.41, 5.74) is 2.67. The van der Waals surface area contributed by atoms with Crippen LogP contribution in [0.15, 0.2) is 34.8 Å². The van der Waals surface area contributed by atoms with Gasteiger partial charge in [-0.2, -0.15) is 0 Å². The molecule has 22 heavy (non-hydrogen) atoms. The van der Waals surface area contributed by atoms with Crippen molar-refractivity contribution in [1.82, 2.24) is 19.3 Å². The number of nitrogens with zero attached hydrogens (tertiary/aromatic N) is 3. The van der Waals surface area contributed by atoms with E-state index < -0.39 is 10.0 Å². The zero-order valence-corrected chi connectivity index (χ0v) is 13.9. The molecule has 1 N–H and O–H groups in total. The summed E-state index contributed by atoms with van der Waals surface area (Å²) in [4.78, 5) is 1.15. The highest BCUT2D eigenvalue weighted by molar-refractivity contribution is 7.89. The molecule has 0 unspecified atom stereocenters. The van der Waals surface area contributed by atoms with Gasteiger partial charge < -0.3 is 0 Å². The lowest BCUT2D eigenvalue weighted by Crippen LogP contribution is -2.27. The summed E-state index contributed by atoms with van der Waals surface area (Å²) in [7, 11) is -3.49. The molecule has 0 aliphatic carbocycles. The van der Waals surface area contributed by atoms with E-state index in [0.717, 1.165) is 21.8 Å². The van der Waals surface area contributed by atoms with E-state index in [1.165, 1.54) is 11.3 Å². The Labute approximate surface area is 132 Å². The number of rotatable bonds is 5. The average molecular weight is 336 g/mol. The molecule has 0 amide bonds. The van der Waals surface area contributed by atoms with Gasteiger partial charge in [0.05, 0.1) is 4.90 Å². The van der Waals surface area contributed by atoms with E-state index in [-0.39, 0.29) is 0 Å². The van der Waals surface area contributed by atoms with E-state index in [4.69, 9.17) is 0 Å². The van der Waals surface area contributed by atoms with Crippen molar-refractivity contribution in [2.45, 2.75) is 25.2 Å². The van der Waals surface area contributed by atoms with E-state index in [1.807, 2.05) is 28.8 Å². The number of thiazole rings is 1. The first kappa shape index (κ1) is 15.1. The molecule has 3 aromatic rings. The maximum absolute atomic E-state index is 12.4. The second kappa shape index (κ2) is 5.79. The van der Waals surface area contributed by atoms with Crippen LogP contribution in [-0.2, 0) is 16.4 Å². The lowest BCUT2D eigenvalue weighted by atomic mass is 10.2. The topological polar surface area (TPSA) is 76.4 Å². The van der Waals surface area contributed by atoms with Crippen molar-refractivity contribution in [3.8, 4) is 0 Å². The predicted octanol–water partition coefficient (Wildman–Crippen LogP) is 1.93. The van der Waals surface area contributed by atoms with Gasteiger partial charge in [-0.05, 0) is 31.0 Å². The van der Waals surface area contributed by atoms with Crippen molar-refractivity contribution in [2.24, 2.45) is 0 Å². The van der Waals surface area contributed by atoms with Crippen LogP contribution in [-0.4, -0.2) is 29.6 Å². The smallest absolute Gasteiger partial charge is 0.240 e. The minimum Gasteiger partial charge on any atom is -0.276 e. The highest BCUT2D eigenvalue weighted by Gasteiger charge is 2.16. The van der Waals surface area contributed by atoms with Gasteiger partial charge in [0.15, 0.2) is 0 Å². The zero-order chi connectivity index (χ0) is 15.7. The van der Waals surface area contributed by atoms with E-state index in [9.17, 15) is 8.42 Å². The molecule has 0 bridgehead atoms. The highest BCUT2D eigenvalue weighted by atomic mass is 32.2. The minimum atomic E-state index is -3.49. The standard InChI is InChI=1S/C14H16N4O2S2/c1-10-3-4-11(2)13(7-10)22(19,20)16-6-5-12-8-21-14-17-15-9-18(12)14/h3-4,7-9,16H,5-6H2,1-2H3. The van der Waals surface area contributed by atoms with Crippen LogP contribution in [0.1, 0.15) is 16.8 Å². The van der Waals surface area contributed by atoms with Crippen LogP contribution < -0.4 is 4.72 Å². The molecule has 0 atom stereocenters. The molecular formula is C14H16N4O2S2. The Morgan fingerprint density at radius 3 is 2.95 bits per heavy atom. The van der Waals surface area contributed by atoms with Crippen molar-refractivity contribution >= 4 is 26.3 Å². The lowest BCUT2D eigenvalue weighted by molar-refractivity contribution is 0.580. The molecule has 1 aromatic carbocycles. The first-order valence-electron chi connectivity index (χ1n) is 6.80. The van der Waals surface area contributed by atoms with Crippen molar-refractivity contribution < 1.29 is 8.42 Å². The molecule has 2 heterocycles. The molecule has 6 nitrogen and oxygen atoms in total. The molecule has 0 aliphatic rings. The number of benzene rings is 1. The molecule has 0 spiro atoms. The highest BCUT2D eigenvalue weighted by Crippen LogP contribution is 2.17. The van der Waals surface area contributed by atoms with Crippen LogP contribution in [0.3, 0.4) is 0 Å². The summed E-state index contributed by atoms with van der Waals surface area (Å²) in [6.45, 7) is 4.01. The molecule has 0 fully saturated rings. The third kappa shape index (κ3) is 2.90. The normalized spacial score (nSPS) is 12.1. The van der Waals surface area contributed by atoms with Gasteiger partial charge in [0.1, 0.15) is 6.33 Å². The van der Waals surface area contributed by atoms with Crippen molar-refractivity contribution in [2.75, 3.05) is 6.54 Å². The number of hydrogen-bond acceptors (Lipinski definition) is 5. The number of hydrogen-bond donors (Lipinski definition) is 1. The summed E-state index contributed by atoms with van der Waals surface area (Å²) in [5, 5.41) is 9.76. The minimum absolute atomic E-state index is 0.333. The number of aryl methyl sites for hydroxylation is 2. The maximum Gasteiger partial charge on any atom is 0.240 e. The van der Waals surface area contributed by atoms with Crippen LogP contribution in [0.25, 0.3) is 4.96 Å². The second-order valence-electron chi connectivity index (χ2n) is 5.13. The van der Waals surface area contributed by atoms with Crippen LogP contribution in [0, 0.1) is 13.8 Å². The Balaban J connectivity index is 1.73. The lowest BCUT2D eigenvalue weighted by Gasteiger charge is -2.10. The maximum atomic E-state index is 12.4. The van der Waals surface area contributed by atoms with Gasteiger partial charge in [-0.25, -0.2) is 13.1 Å². The van der Waals surface area contributed by atoms with Gasteiger partial charge in [0, 0.05) is 24.0 Å². The number of aromatic nitrogens is 3. The summed E-state index contributed by atoms with van der Waals surface area (Å²) >= 11 is 1.49. The fourth-order valence-electron chi connectivity index (χ4n) is 2.25. The first-order chi connectivity index (χ1) is 10.5. The van der Waals surface area contributed by atoms with Gasteiger partial charge >= 0.3 is 0 Å². The molecule has 8 heteroatoms. The van der Waals surface area contributed by atoms with E-state index in [0.29, 0.717) is 17.9 Å². The largest absolute Gasteiger partial charge is 0.276 e.